The average Bonchev–Trinajstić information content (AvgIpc) is 3.22. The number of hydrogen-bond acceptors (Lipinski definition) is 8. The number of nitrogens with one attached hydrogen (secondary N) is 1. The van der Waals surface area contributed by atoms with Gasteiger partial charge < -0.3 is 14.2 Å². The molecule has 0 saturated heterocycles. The van der Waals surface area contributed by atoms with Crippen molar-refractivity contribution in [2.24, 2.45) is 5.10 Å². The monoisotopic (exact) mass is 404 g/mol. The molecule has 0 aliphatic rings. The number of hydrogen-bond donors (Lipinski definition) is 1. The molecule has 0 unspecified atom stereocenters. The lowest BCUT2D eigenvalue weighted by Crippen LogP contribution is -2.01. The van der Waals surface area contributed by atoms with E-state index in [1.54, 1.807) is 50.3 Å². The third kappa shape index (κ3) is 3.72. The number of anilines is 1. The normalized spacial score (nSPS) is 11.0. The van der Waals surface area contributed by atoms with Crippen LogP contribution in [0.25, 0.3) is 17.0 Å². The Kier molecular flexibility index (Phi) is 5.42. The van der Waals surface area contributed by atoms with E-state index in [0.29, 0.717) is 34.5 Å². The zero-order valence-electron chi connectivity index (χ0n) is 16.7. The van der Waals surface area contributed by atoms with E-state index in [4.69, 9.17) is 14.2 Å². The van der Waals surface area contributed by atoms with Gasteiger partial charge >= 0.3 is 0 Å². The predicted molar refractivity (Wildman–Crippen MR) is 114 cm³/mol. The van der Waals surface area contributed by atoms with Crippen LogP contribution in [0.5, 0.6) is 17.2 Å². The molecular weight excluding hydrogens is 384 g/mol. The minimum absolute atomic E-state index is 0.526. The Hall–Kier alpha value is -4.14. The molecule has 0 aliphatic carbocycles. The van der Waals surface area contributed by atoms with Gasteiger partial charge in [0, 0.05) is 11.1 Å². The quantitative estimate of drug-likeness (QED) is 0.373. The number of fused-ring (bicyclic) bond motifs is 1. The van der Waals surface area contributed by atoms with E-state index in [1.165, 1.54) is 0 Å². The van der Waals surface area contributed by atoms with Crippen LogP contribution in [-0.2, 0) is 0 Å². The van der Waals surface area contributed by atoms with Crippen molar-refractivity contribution >= 4 is 17.7 Å². The fourth-order valence-electron chi connectivity index (χ4n) is 2.96. The second-order valence-electron chi connectivity index (χ2n) is 6.21. The van der Waals surface area contributed by atoms with Crippen molar-refractivity contribution < 1.29 is 14.2 Å². The number of hydrazone groups is 1. The van der Waals surface area contributed by atoms with Crippen LogP contribution in [-0.4, -0.2) is 47.4 Å². The number of methoxy groups -OCH3 is 3. The lowest BCUT2D eigenvalue weighted by atomic mass is 10.2. The van der Waals surface area contributed by atoms with E-state index >= 15 is 0 Å². The van der Waals surface area contributed by atoms with Crippen molar-refractivity contribution in [1.29, 1.82) is 0 Å². The smallest absolute Gasteiger partial charge is 0.203 e. The van der Waals surface area contributed by atoms with Gasteiger partial charge in [0.15, 0.2) is 28.8 Å². The van der Waals surface area contributed by atoms with Gasteiger partial charge in [-0.3, -0.25) is 5.43 Å². The van der Waals surface area contributed by atoms with Crippen molar-refractivity contribution in [2.45, 2.75) is 0 Å². The first kappa shape index (κ1) is 19.2. The summed E-state index contributed by atoms with van der Waals surface area (Å²) in [6, 6.07) is 17.0. The summed E-state index contributed by atoms with van der Waals surface area (Å²) in [5.74, 6) is 2.83. The molecule has 0 atom stereocenters. The van der Waals surface area contributed by atoms with Crippen molar-refractivity contribution in [3.05, 3.63) is 60.2 Å². The molecule has 4 rings (SSSR count). The van der Waals surface area contributed by atoms with E-state index in [9.17, 15) is 0 Å². The highest BCUT2D eigenvalue weighted by atomic mass is 16.5. The maximum Gasteiger partial charge on any atom is 0.203 e. The van der Waals surface area contributed by atoms with Gasteiger partial charge in [0.25, 0.3) is 0 Å². The molecule has 4 aromatic rings. The highest BCUT2D eigenvalue weighted by Crippen LogP contribution is 2.37. The highest BCUT2D eigenvalue weighted by molar-refractivity contribution is 5.83. The zero-order valence-corrected chi connectivity index (χ0v) is 16.7. The number of nitrogens with zero attached hydrogens (tertiary/aromatic N) is 5. The maximum atomic E-state index is 5.36. The maximum absolute atomic E-state index is 5.36. The molecule has 0 bridgehead atoms. The molecule has 0 aliphatic heterocycles. The van der Waals surface area contributed by atoms with Crippen LogP contribution in [0.1, 0.15) is 5.56 Å². The summed E-state index contributed by atoms with van der Waals surface area (Å²) in [7, 11) is 4.70. The molecule has 0 radical (unpaired) electrons. The Morgan fingerprint density at radius 1 is 0.900 bits per heavy atom. The number of benzene rings is 2. The molecule has 152 valence electrons. The van der Waals surface area contributed by atoms with E-state index in [2.05, 4.69) is 25.8 Å². The summed E-state index contributed by atoms with van der Waals surface area (Å²) in [5.41, 5.74) is 5.27. The van der Waals surface area contributed by atoms with Gasteiger partial charge in [-0.1, -0.05) is 30.3 Å². The summed E-state index contributed by atoms with van der Waals surface area (Å²) < 4.78 is 17.7. The van der Waals surface area contributed by atoms with Crippen molar-refractivity contribution in [2.75, 3.05) is 26.8 Å². The van der Waals surface area contributed by atoms with E-state index in [0.717, 1.165) is 11.1 Å². The first-order valence-electron chi connectivity index (χ1n) is 9.10. The van der Waals surface area contributed by atoms with Gasteiger partial charge in [-0.25, -0.2) is 0 Å². The average molecular weight is 404 g/mol. The molecule has 9 nitrogen and oxygen atoms in total. The van der Waals surface area contributed by atoms with E-state index in [1.807, 2.05) is 36.4 Å². The number of aromatic nitrogens is 4. The molecule has 1 N–H and O–H groups in total. The SMILES string of the molecule is COc1cc(C=NNc2ccc3nnc(-c4ccccc4)n3n2)cc(OC)c1OC. The van der Waals surface area contributed by atoms with Gasteiger partial charge in [-0.2, -0.15) is 9.62 Å². The molecule has 9 heteroatoms. The Morgan fingerprint density at radius 3 is 2.30 bits per heavy atom. The van der Waals surface area contributed by atoms with Crippen LogP contribution >= 0.6 is 0 Å². The van der Waals surface area contributed by atoms with Gasteiger partial charge in [0.05, 0.1) is 27.5 Å². The third-order valence-electron chi connectivity index (χ3n) is 4.37. The standard InChI is InChI=1S/C21H20N6O3/c1-28-16-11-14(12-17(29-2)20(16)30-3)13-22-23-18-9-10-19-24-25-21(27(19)26-18)15-7-5-4-6-8-15/h4-13H,1-3H3,(H,23,26). The van der Waals surface area contributed by atoms with E-state index < -0.39 is 0 Å². The molecule has 0 spiro atoms. The lowest BCUT2D eigenvalue weighted by molar-refractivity contribution is 0.324. The number of ether oxygens (including phenoxy) is 3. The summed E-state index contributed by atoms with van der Waals surface area (Å²) in [5, 5.41) is 17.2. The van der Waals surface area contributed by atoms with Crippen molar-refractivity contribution in [1.82, 2.24) is 19.8 Å². The minimum Gasteiger partial charge on any atom is -0.493 e. The fourth-order valence-corrected chi connectivity index (χ4v) is 2.96. The third-order valence-corrected chi connectivity index (χ3v) is 4.37. The molecule has 2 aromatic carbocycles. The summed E-state index contributed by atoms with van der Waals surface area (Å²) in [6.45, 7) is 0. The fraction of sp³-hybridized carbons (Fsp3) is 0.143. The van der Waals surface area contributed by atoms with Gasteiger partial charge in [-0.05, 0) is 24.3 Å². The Morgan fingerprint density at radius 2 is 1.63 bits per heavy atom. The summed E-state index contributed by atoms with van der Waals surface area (Å²) in [4.78, 5) is 0. The van der Waals surface area contributed by atoms with Gasteiger partial charge in [-0.15, -0.1) is 15.3 Å². The summed E-state index contributed by atoms with van der Waals surface area (Å²) in [6.07, 6.45) is 1.64. The van der Waals surface area contributed by atoms with Crippen LogP contribution in [0.2, 0.25) is 0 Å². The van der Waals surface area contributed by atoms with Crippen LogP contribution in [0.3, 0.4) is 0 Å². The second-order valence-corrected chi connectivity index (χ2v) is 6.21. The first-order valence-corrected chi connectivity index (χ1v) is 9.10. The van der Waals surface area contributed by atoms with E-state index in [-0.39, 0.29) is 0 Å². The van der Waals surface area contributed by atoms with Crippen LogP contribution in [0.15, 0.2) is 59.7 Å². The molecule has 0 saturated carbocycles. The Bertz CT molecular complexity index is 1170. The van der Waals surface area contributed by atoms with Crippen molar-refractivity contribution in [3.63, 3.8) is 0 Å². The molecule has 2 aromatic heterocycles. The van der Waals surface area contributed by atoms with Crippen LogP contribution in [0, 0.1) is 0 Å². The summed E-state index contributed by atoms with van der Waals surface area (Å²) >= 11 is 0. The van der Waals surface area contributed by atoms with Crippen LogP contribution in [0.4, 0.5) is 5.82 Å². The van der Waals surface area contributed by atoms with Gasteiger partial charge in [0.1, 0.15) is 0 Å². The first-order chi connectivity index (χ1) is 14.7. The molecule has 0 fully saturated rings. The second kappa shape index (κ2) is 8.48. The number of rotatable bonds is 7. The van der Waals surface area contributed by atoms with Crippen LogP contribution < -0.4 is 19.6 Å². The largest absolute Gasteiger partial charge is 0.493 e. The van der Waals surface area contributed by atoms with Gasteiger partial charge in [0.2, 0.25) is 5.75 Å². The Balaban J connectivity index is 1.59. The Labute approximate surface area is 172 Å². The molecule has 2 heterocycles. The highest BCUT2D eigenvalue weighted by Gasteiger charge is 2.12. The molecule has 30 heavy (non-hydrogen) atoms. The predicted octanol–water partition coefficient (Wildman–Crippen LogP) is 3.26. The van der Waals surface area contributed by atoms with Crippen molar-refractivity contribution in [3.8, 4) is 28.6 Å². The minimum atomic E-state index is 0.526. The molecular formula is C21H20N6O3. The topological polar surface area (TPSA) is 95.2 Å². The lowest BCUT2D eigenvalue weighted by Gasteiger charge is -2.12. The molecule has 0 amide bonds. The zero-order chi connectivity index (χ0) is 20.9.